The molecule has 1 aliphatic carbocycles. The maximum Gasteiger partial charge on any atom is 0.0558 e. The Balaban J connectivity index is 2.49. The van der Waals surface area contributed by atoms with Crippen LogP contribution < -0.4 is 0 Å². The Morgan fingerprint density at radius 2 is 1.93 bits per heavy atom. The zero-order chi connectivity index (χ0) is 11.3. The van der Waals surface area contributed by atoms with E-state index in [2.05, 4.69) is 31.4 Å². The summed E-state index contributed by atoms with van der Waals surface area (Å²) in [5, 5.41) is 9.11. The summed E-state index contributed by atoms with van der Waals surface area (Å²) in [4.78, 5) is 2.46. The second-order valence-electron chi connectivity index (χ2n) is 4.82. The molecule has 0 saturated heterocycles. The Bertz CT molecular complexity index is 178. The highest BCUT2D eigenvalue weighted by Crippen LogP contribution is 2.47. The molecule has 1 fully saturated rings. The van der Waals surface area contributed by atoms with Crippen LogP contribution in [0.1, 0.15) is 39.5 Å². The summed E-state index contributed by atoms with van der Waals surface area (Å²) in [6.45, 7) is 6.70. The molecule has 0 amide bonds. The molecule has 3 heteroatoms. The van der Waals surface area contributed by atoms with Crippen molar-refractivity contribution in [1.29, 1.82) is 0 Å². The fourth-order valence-electron chi connectivity index (χ4n) is 2.30. The van der Waals surface area contributed by atoms with Crippen molar-refractivity contribution in [3.63, 3.8) is 0 Å². The highest BCUT2D eigenvalue weighted by atomic mass is 32.1. The van der Waals surface area contributed by atoms with Gasteiger partial charge in [0.15, 0.2) is 0 Å². The number of nitrogens with zero attached hydrogens (tertiary/aromatic N) is 1. The van der Waals surface area contributed by atoms with Crippen molar-refractivity contribution in [3.8, 4) is 0 Å². The van der Waals surface area contributed by atoms with Crippen LogP contribution in [0.25, 0.3) is 0 Å². The van der Waals surface area contributed by atoms with Crippen LogP contribution in [0.2, 0.25) is 0 Å². The molecule has 1 aliphatic rings. The first-order chi connectivity index (χ1) is 7.21. The Labute approximate surface area is 99.5 Å². The molecule has 0 atom stereocenters. The van der Waals surface area contributed by atoms with Crippen molar-refractivity contribution in [2.24, 2.45) is 5.41 Å². The van der Waals surface area contributed by atoms with Gasteiger partial charge in [-0.05, 0) is 36.9 Å². The molecule has 1 N–H and O–H groups in total. The maximum atomic E-state index is 9.11. The third kappa shape index (κ3) is 3.65. The van der Waals surface area contributed by atoms with Crippen LogP contribution in [0.3, 0.4) is 0 Å². The summed E-state index contributed by atoms with van der Waals surface area (Å²) < 4.78 is 0. The average molecular weight is 231 g/mol. The van der Waals surface area contributed by atoms with E-state index in [-0.39, 0.29) is 6.61 Å². The van der Waals surface area contributed by atoms with Crippen molar-refractivity contribution >= 4 is 12.6 Å². The molecule has 0 spiro atoms. The van der Waals surface area contributed by atoms with Gasteiger partial charge in [-0.2, -0.15) is 12.6 Å². The lowest BCUT2D eigenvalue weighted by atomic mass is 10.1. The monoisotopic (exact) mass is 231 g/mol. The summed E-state index contributed by atoms with van der Waals surface area (Å²) >= 11 is 4.44. The van der Waals surface area contributed by atoms with E-state index in [1.165, 1.54) is 25.7 Å². The van der Waals surface area contributed by atoms with Gasteiger partial charge in [-0.1, -0.05) is 13.8 Å². The maximum absolute atomic E-state index is 9.11. The SMILES string of the molecule is CCC(CC)N(CCO)CC1(CS)CC1. The summed E-state index contributed by atoms with van der Waals surface area (Å²) in [6, 6.07) is 0.634. The van der Waals surface area contributed by atoms with E-state index < -0.39 is 0 Å². The second kappa shape index (κ2) is 6.12. The van der Waals surface area contributed by atoms with E-state index in [0.29, 0.717) is 11.5 Å². The minimum atomic E-state index is 0.277. The molecule has 0 aliphatic heterocycles. The van der Waals surface area contributed by atoms with E-state index in [0.717, 1.165) is 18.8 Å². The summed E-state index contributed by atoms with van der Waals surface area (Å²) in [5.41, 5.74) is 0.473. The van der Waals surface area contributed by atoms with Crippen molar-refractivity contribution in [1.82, 2.24) is 4.90 Å². The first-order valence-electron chi connectivity index (χ1n) is 6.17. The number of thiol groups is 1. The normalized spacial score (nSPS) is 18.8. The van der Waals surface area contributed by atoms with E-state index in [9.17, 15) is 0 Å². The van der Waals surface area contributed by atoms with Crippen molar-refractivity contribution < 1.29 is 5.11 Å². The predicted molar refractivity (Wildman–Crippen MR) is 68.5 cm³/mol. The fourth-order valence-corrected chi connectivity index (χ4v) is 2.71. The van der Waals surface area contributed by atoms with E-state index in [1.807, 2.05) is 0 Å². The quantitative estimate of drug-likeness (QED) is 0.626. The van der Waals surface area contributed by atoms with E-state index >= 15 is 0 Å². The van der Waals surface area contributed by atoms with E-state index in [4.69, 9.17) is 5.11 Å². The molecule has 0 aromatic heterocycles. The number of rotatable bonds is 8. The number of aliphatic hydroxyl groups excluding tert-OH is 1. The zero-order valence-corrected chi connectivity index (χ0v) is 11.0. The highest BCUT2D eigenvalue weighted by Gasteiger charge is 2.43. The van der Waals surface area contributed by atoms with Gasteiger partial charge < -0.3 is 5.11 Å². The van der Waals surface area contributed by atoms with Crippen LogP contribution in [0.5, 0.6) is 0 Å². The van der Waals surface area contributed by atoms with Gasteiger partial charge in [-0.15, -0.1) is 0 Å². The number of hydrogen-bond donors (Lipinski definition) is 2. The fraction of sp³-hybridized carbons (Fsp3) is 1.00. The predicted octanol–water partition coefficient (Wildman–Crippen LogP) is 2.18. The molecule has 0 bridgehead atoms. The molecule has 1 rings (SSSR count). The molecular weight excluding hydrogens is 206 g/mol. The molecule has 90 valence electrons. The van der Waals surface area contributed by atoms with Crippen LogP contribution >= 0.6 is 12.6 Å². The molecular formula is C12H25NOS. The summed E-state index contributed by atoms with van der Waals surface area (Å²) in [6.07, 6.45) is 5.00. The van der Waals surface area contributed by atoms with Gasteiger partial charge in [0.1, 0.15) is 0 Å². The Morgan fingerprint density at radius 1 is 1.33 bits per heavy atom. The lowest BCUT2D eigenvalue weighted by Gasteiger charge is -2.32. The molecule has 0 aromatic rings. The zero-order valence-electron chi connectivity index (χ0n) is 10.1. The van der Waals surface area contributed by atoms with Gasteiger partial charge in [0.2, 0.25) is 0 Å². The third-order valence-corrected chi connectivity index (χ3v) is 4.35. The Morgan fingerprint density at radius 3 is 2.27 bits per heavy atom. The van der Waals surface area contributed by atoms with E-state index in [1.54, 1.807) is 0 Å². The highest BCUT2D eigenvalue weighted by molar-refractivity contribution is 7.80. The molecule has 0 radical (unpaired) electrons. The van der Waals surface area contributed by atoms with Crippen LogP contribution in [-0.4, -0.2) is 41.5 Å². The minimum Gasteiger partial charge on any atom is -0.395 e. The lowest BCUT2D eigenvalue weighted by Crippen LogP contribution is -2.41. The van der Waals surface area contributed by atoms with Crippen molar-refractivity contribution in [3.05, 3.63) is 0 Å². The molecule has 0 heterocycles. The number of hydrogen-bond acceptors (Lipinski definition) is 3. The minimum absolute atomic E-state index is 0.277. The molecule has 15 heavy (non-hydrogen) atoms. The largest absolute Gasteiger partial charge is 0.395 e. The first-order valence-corrected chi connectivity index (χ1v) is 6.80. The van der Waals surface area contributed by atoms with Gasteiger partial charge >= 0.3 is 0 Å². The number of aliphatic hydroxyl groups is 1. The second-order valence-corrected chi connectivity index (χ2v) is 5.14. The van der Waals surface area contributed by atoms with Crippen LogP contribution in [-0.2, 0) is 0 Å². The van der Waals surface area contributed by atoms with Gasteiger partial charge in [-0.25, -0.2) is 0 Å². The lowest BCUT2D eigenvalue weighted by molar-refractivity contribution is 0.123. The first kappa shape index (κ1) is 13.3. The standard InChI is InChI=1S/C12H25NOS/c1-3-11(4-2)13(7-8-14)9-12(10-15)5-6-12/h11,14-15H,3-10H2,1-2H3. The van der Waals surface area contributed by atoms with Crippen LogP contribution in [0.15, 0.2) is 0 Å². The summed E-state index contributed by atoms with van der Waals surface area (Å²) in [5.74, 6) is 0.995. The van der Waals surface area contributed by atoms with Crippen LogP contribution in [0, 0.1) is 5.41 Å². The average Bonchev–Trinajstić information content (AvgIpc) is 3.01. The molecule has 1 saturated carbocycles. The Kier molecular flexibility index (Phi) is 5.44. The van der Waals surface area contributed by atoms with Gasteiger partial charge in [-0.3, -0.25) is 4.90 Å². The van der Waals surface area contributed by atoms with Gasteiger partial charge in [0.05, 0.1) is 6.61 Å². The van der Waals surface area contributed by atoms with Crippen LogP contribution in [0.4, 0.5) is 0 Å². The topological polar surface area (TPSA) is 23.5 Å². The molecule has 2 nitrogen and oxygen atoms in total. The molecule has 0 aromatic carbocycles. The van der Waals surface area contributed by atoms with Crippen molar-refractivity contribution in [2.75, 3.05) is 25.4 Å². The third-order valence-electron chi connectivity index (χ3n) is 3.68. The molecule has 0 unspecified atom stereocenters. The smallest absolute Gasteiger partial charge is 0.0558 e. The van der Waals surface area contributed by atoms with Crippen molar-refractivity contribution in [2.45, 2.75) is 45.6 Å². The Hall–Kier alpha value is 0.270. The van der Waals surface area contributed by atoms with Gasteiger partial charge in [0.25, 0.3) is 0 Å². The summed E-state index contributed by atoms with van der Waals surface area (Å²) in [7, 11) is 0. The van der Waals surface area contributed by atoms with Gasteiger partial charge in [0, 0.05) is 19.1 Å².